The van der Waals surface area contributed by atoms with Crippen LogP contribution in [0.1, 0.15) is 43.2 Å². The van der Waals surface area contributed by atoms with E-state index in [2.05, 4.69) is 17.4 Å². The molecule has 2 amide bonds. The Bertz CT molecular complexity index is 1130. The van der Waals surface area contributed by atoms with Gasteiger partial charge in [0.25, 0.3) is 0 Å². The van der Waals surface area contributed by atoms with Gasteiger partial charge in [-0.1, -0.05) is 55.5 Å². The second kappa shape index (κ2) is 8.68. The van der Waals surface area contributed by atoms with E-state index in [-0.39, 0.29) is 31.0 Å². The Morgan fingerprint density at radius 1 is 1.09 bits per heavy atom. The number of amides is 2. The first kappa shape index (κ1) is 23.4. The fourth-order valence-electron chi connectivity index (χ4n) is 6.22. The topological polar surface area (TPSA) is 105 Å². The number of methoxy groups -OCH3 is 1. The Kier molecular flexibility index (Phi) is 5.79. The van der Waals surface area contributed by atoms with E-state index in [4.69, 9.17) is 9.47 Å². The van der Waals surface area contributed by atoms with Gasteiger partial charge in [-0.25, -0.2) is 9.59 Å². The fourth-order valence-corrected chi connectivity index (χ4v) is 6.22. The zero-order valence-electron chi connectivity index (χ0n) is 20.0. The molecule has 2 aliphatic carbocycles. The zero-order chi connectivity index (χ0) is 24.8. The average molecular weight is 479 g/mol. The van der Waals surface area contributed by atoms with Gasteiger partial charge >= 0.3 is 12.1 Å². The van der Waals surface area contributed by atoms with Crippen molar-refractivity contribution >= 4 is 18.0 Å². The van der Waals surface area contributed by atoms with Gasteiger partial charge in [-0.2, -0.15) is 0 Å². The van der Waals surface area contributed by atoms with Crippen molar-refractivity contribution in [1.29, 1.82) is 0 Å². The number of benzene rings is 2. The average Bonchev–Trinajstić information content (AvgIpc) is 3.43. The third-order valence-electron chi connectivity index (χ3n) is 7.70. The number of aliphatic carboxylic acids is 1. The summed E-state index contributed by atoms with van der Waals surface area (Å²) in [5.41, 5.74) is 3.09. The molecular formula is C27H30N2O6. The van der Waals surface area contributed by atoms with E-state index >= 15 is 0 Å². The molecule has 2 heterocycles. The molecule has 1 saturated carbocycles. The molecule has 0 aromatic heterocycles. The minimum Gasteiger partial charge on any atom is -0.479 e. The molecule has 35 heavy (non-hydrogen) atoms. The molecule has 6 rings (SSSR count). The molecule has 2 N–H and O–H groups in total. The SMILES string of the molecule is COCCC(NC(=O)OCC1c2ccccc2-c2ccccc21)C(=O)N1CC2(C)CC1(C(=O)O)C2. The summed E-state index contributed by atoms with van der Waals surface area (Å²) in [6, 6.07) is 15.2. The highest BCUT2D eigenvalue weighted by Gasteiger charge is 2.69. The smallest absolute Gasteiger partial charge is 0.407 e. The fraction of sp³-hybridized carbons (Fsp3) is 0.444. The van der Waals surface area contributed by atoms with Crippen LogP contribution in [0.15, 0.2) is 48.5 Å². The number of rotatable bonds is 8. The lowest BCUT2D eigenvalue weighted by atomic mass is 9.63. The second-order valence-corrected chi connectivity index (χ2v) is 10.2. The number of carboxylic acids is 1. The van der Waals surface area contributed by atoms with Crippen molar-refractivity contribution in [2.75, 3.05) is 26.9 Å². The van der Waals surface area contributed by atoms with Crippen LogP contribution in [0, 0.1) is 5.41 Å². The van der Waals surface area contributed by atoms with Gasteiger partial charge in [-0.3, -0.25) is 4.79 Å². The lowest BCUT2D eigenvalue weighted by Gasteiger charge is -2.43. The maximum Gasteiger partial charge on any atom is 0.407 e. The van der Waals surface area contributed by atoms with Gasteiger partial charge < -0.3 is 24.8 Å². The van der Waals surface area contributed by atoms with E-state index in [1.807, 2.05) is 43.3 Å². The van der Waals surface area contributed by atoms with Crippen LogP contribution in [0.2, 0.25) is 0 Å². The van der Waals surface area contributed by atoms with E-state index in [0.717, 1.165) is 22.3 Å². The highest BCUT2D eigenvalue weighted by Crippen LogP contribution is 2.59. The summed E-state index contributed by atoms with van der Waals surface area (Å²) < 4.78 is 10.8. The van der Waals surface area contributed by atoms with E-state index in [0.29, 0.717) is 19.4 Å². The number of carboxylic acid groups (broad SMARTS) is 1. The van der Waals surface area contributed by atoms with Crippen molar-refractivity contribution < 1.29 is 29.0 Å². The minimum atomic E-state index is -1.18. The van der Waals surface area contributed by atoms with Gasteiger partial charge in [0.2, 0.25) is 5.91 Å². The predicted octanol–water partition coefficient (Wildman–Crippen LogP) is 3.40. The van der Waals surface area contributed by atoms with Crippen LogP contribution in [-0.2, 0) is 19.1 Å². The number of fused-ring (bicyclic) bond motifs is 4. The Labute approximate surface area is 204 Å². The minimum absolute atomic E-state index is 0.0951. The molecule has 2 saturated heterocycles. The van der Waals surface area contributed by atoms with E-state index in [1.165, 1.54) is 12.0 Å². The molecule has 4 aliphatic rings. The lowest BCUT2D eigenvalue weighted by molar-refractivity contribution is -0.160. The summed E-state index contributed by atoms with van der Waals surface area (Å²) in [6.45, 7) is 2.73. The van der Waals surface area contributed by atoms with Crippen LogP contribution in [0.3, 0.4) is 0 Å². The van der Waals surface area contributed by atoms with Gasteiger partial charge in [0.15, 0.2) is 0 Å². The standard InChI is InChI=1S/C27H30N2O6/c1-26-14-27(15-26,24(31)32)29(16-26)23(30)22(11-12-34-2)28-25(33)35-13-21-19-9-5-3-7-17(19)18-8-4-6-10-20(18)21/h3-10,21-22H,11-16H2,1-2H3,(H,28,33)(H,31,32). The third-order valence-corrected chi connectivity index (χ3v) is 7.70. The van der Waals surface area contributed by atoms with Crippen molar-refractivity contribution in [3.63, 3.8) is 0 Å². The first-order chi connectivity index (χ1) is 16.8. The Morgan fingerprint density at radius 2 is 1.69 bits per heavy atom. The number of carbonyl (C=O) groups is 3. The maximum absolute atomic E-state index is 13.4. The van der Waals surface area contributed by atoms with Crippen molar-refractivity contribution in [1.82, 2.24) is 10.2 Å². The largest absolute Gasteiger partial charge is 0.479 e. The number of alkyl carbamates (subject to hydrolysis) is 1. The molecule has 2 bridgehead atoms. The Hall–Kier alpha value is -3.39. The molecule has 0 radical (unpaired) electrons. The highest BCUT2D eigenvalue weighted by molar-refractivity contribution is 5.93. The highest BCUT2D eigenvalue weighted by atomic mass is 16.5. The molecule has 0 spiro atoms. The first-order valence-corrected chi connectivity index (χ1v) is 11.9. The molecule has 2 aromatic carbocycles. The first-order valence-electron chi connectivity index (χ1n) is 11.9. The molecule has 8 heteroatoms. The van der Waals surface area contributed by atoms with Gasteiger partial charge in [0.05, 0.1) is 0 Å². The van der Waals surface area contributed by atoms with Crippen LogP contribution < -0.4 is 5.32 Å². The molecular weight excluding hydrogens is 448 g/mol. The van der Waals surface area contributed by atoms with Crippen LogP contribution in [0.25, 0.3) is 11.1 Å². The van der Waals surface area contributed by atoms with Crippen molar-refractivity contribution in [2.24, 2.45) is 5.41 Å². The van der Waals surface area contributed by atoms with E-state index < -0.39 is 29.6 Å². The Morgan fingerprint density at radius 3 is 2.26 bits per heavy atom. The molecule has 2 aliphatic heterocycles. The summed E-state index contributed by atoms with van der Waals surface area (Å²) in [6.07, 6.45) is 0.387. The van der Waals surface area contributed by atoms with Gasteiger partial charge in [0.1, 0.15) is 18.2 Å². The molecule has 8 nitrogen and oxygen atoms in total. The summed E-state index contributed by atoms with van der Waals surface area (Å²) in [5.74, 6) is -1.49. The van der Waals surface area contributed by atoms with E-state index in [9.17, 15) is 19.5 Å². The zero-order valence-corrected chi connectivity index (χ0v) is 20.0. The molecule has 3 fully saturated rings. The number of ether oxygens (including phenoxy) is 2. The Balaban J connectivity index is 1.28. The van der Waals surface area contributed by atoms with Crippen molar-refractivity contribution in [2.45, 2.75) is 43.7 Å². The summed E-state index contributed by atoms with van der Waals surface area (Å²) in [5, 5.41) is 12.5. The number of carbonyl (C=O) groups excluding carboxylic acids is 2. The third kappa shape index (κ3) is 3.86. The van der Waals surface area contributed by atoms with Gasteiger partial charge in [-0.15, -0.1) is 0 Å². The van der Waals surface area contributed by atoms with Crippen molar-refractivity contribution in [3.8, 4) is 11.1 Å². The van der Waals surface area contributed by atoms with Crippen LogP contribution in [-0.4, -0.2) is 66.4 Å². The molecule has 2 aromatic rings. The normalized spacial score (nSPS) is 24.8. The van der Waals surface area contributed by atoms with E-state index in [1.54, 1.807) is 0 Å². The van der Waals surface area contributed by atoms with Crippen molar-refractivity contribution in [3.05, 3.63) is 59.7 Å². The lowest BCUT2D eigenvalue weighted by Crippen LogP contribution is -2.59. The van der Waals surface area contributed by atoms with Crippen LogP contribution in [0.5, 0.6) is 0 Å². The van der Waals surface area contributed by atoms with Gasteiger partial charge in [0, 0.05) is 32.6 Å². The summed E-state index contributed by atoms with van der Waals surface area (Å²) in [4.78, 5) is 39.7. The molecule has 1 atom stereocenters. The number of nitrogens with one attached hydrogen (secondary N) is 1. The quantitative estimate of drug-likeness (QED) is 0.603. The van der Waals surface area contributed by atoms with Gasteiger partial charge in [-0.05, 0) is 40.5 Å². The van der Waals surface area contributed by atoms with Crippen LogP contribution in [0.4, 0.5) is 4.79 Å². The maximum atomic E-state index is 13.4. The van der Waals surface area contributed by atoms with Crippen LogP contribution >= 0.6 is 0 Å². The predicted molar refractivity (Wildman–Crippen MR) is 128 cm³/mol. The number of nitrogens with zero attached hydrogens (tertiary/aromatic N) is 1. The monoisotopic (exact) mass is 478 g/mol. The summed E-state index contributed by atoms with van der Waals surface area (Å²) in [7, 11) is 1.52. The summed E-state index contributed by atoms with van der Waals surface area (Å²) >= 11 is 0. The second-order valence-electron chi connectivity index (χ2n) is 10.2. The number of hydrogen-bond donors (Lipinski definition) is 2. The molecule has 1 unspecified atom stereocenters. The number of hydrogen-bond acceptors (Lipinski definition) is 5. The molecule has 184 valence electrons.